The second-order valence-electron chi connectivity index (χ2n) is 6.11. The molecule has 20 heavy (non-hydrogen) atoms. The predicted molar refractivity (Wildman–Crippen MR) is 86.0 cm³/mol. The molecule has 0 bridgehead atoms. The van der Waals surface area contributed by atoms with E-state index in [0.717, 1.165) is 16.5 Å². The molecule has 6 heteroatoms. The third-order valence-electron chi connectivity index (χ3n) is 3.05. The Bertz CT molecular complexity index is 578. The van der Waals surface area contributed by atoms with E-state index < -0.39 is 10.0 Å². The summed E-state index contributed by atoms with van der Waals surface area (Å²) in [5.41, 5.74) is 7.19. The van der Waals surface area contributed by atoms with Crippen LogP contribution in [0.5, 0.6) is 0 Å². The summed E-state index contributed by atoms with van der Waals surface area (Å²) in [6.45, 7) is 8.76. The summed E-state index contributed by atoms with van der Waals surface area (Å²) in [7, 11) is -3.50. The lowest BCUT2D eigenvalue weighted by Gasteiger charge is -2.18. The van der Waals surface area contributed by atoms with Gasteiger partial charge in [-0.1, -0.05) is 36.7 Å². The van der Waals surface area contributed by atoms with Crippen molar-refractivity contribution in [3.63, 3.8) is 0 Å². The third-order valence-corrected chi connectivity index (χ3v) is 5.46. The molecule has 114 valence electrons. The van der Waals surface area contributed by atoms with Crippen molar-refractivity contribution in [1.82, 2.24) is 4.72 Å². The van der Waals surface area contributed by atoms with Gasteiger partial charge >= 0.3 is 0 Å². The highest BCUT2D eigenvalue weighted by atomic mass is 79.9. The third kappa shape index (κ3) is 4.84. The Morgan fingerprint density at radius 2 is 1.90 bits per heavy atom. The van der Waals surface area contributed by atoms with Crippen molar-refractivity contribution in [3.8, 4) is 0 Å². The highest BCUT2D eigenvalue weighted by molar-refractivity contribution is 9.10. The fourth-order valence-electron chi connectivity index (χ4n) is 1.74. The Morgan fingerprint density at radius 1 is 1.30 bits per heavy atom. The maximum Gasteiger partial charge on any atom is 0.240 e. The van der Waals surface area contributed by atoms with E-state index in [4.69, 9.17) is 5.73 Å². The van der Waals surface area contributed by atoms with Gasteiger partial charge in [-0.25, -0.2) is 13.1 Å². The largest absolute Gasteiger partial charge is 0.326 e. The summed E-state index contributed by atoms with van der Waals surface area (Å²) >= 11 is 3.38. The first-order chi connectivity index (χ1) is 9.07. The summed E-state index contributed by atoms with van der Waals surface area (Å²) in [5, 5.41) is 0. The summed E-state index contributed by atoms with van der Waals surface area (Å²) in [6.07, 6.45) is 0.781. The first-order valence-electron chi connectivity index (χ1n) is 6.55. The van der Waals surface area contributed by atoms with Crippen LogP contribution in [0.3, 0.4) is 0 Å². The Balaban J connectivity index is 3.01. The van der Waals surface area contributed by atoms with Crippen LogP contribution in [-0.4, -0.2) is 15.0 Å². The molecule has 0 saturated heterocycles. The van der Waals surface area contributed by atoms with Crippen LogP contribution >= 0.6 is 15.9 Å². The van der Waals surface area contributed by atoms with Gasteiger partial charge in [0.1, 0.15) is 0 Å². The van der Waals surface area contributed by atoms with Crippen molar-refractivity contribution in [2.24, 2.45) is 11.1 Å². The molecule has 0 fully saturated rings. The first-order valence-corrected chi connectivity index (χ1v) is 8.83. The maximum absolute atomic E-state index is 12.4. The molecule has 0 saturated carbocycles. The number of benzene rings is 1. The van der Waals surface area contributed by atoms with Gasteiger partial charge in [0.25, 0.3) is 0 Å². The zero-order chi connectivity index (χ0) is 15.6. The van der Waals surface area contributed by atoms with Crippen molar-refractivity contribution in [1.29, 1.82) is 0 Å². The van der Waals surface area contributed by atoms with E-state index >= 15 is 0 Å². The molecule has 1 aromatic rings. The fraction of sp³-hybridized carbons (Fsp3) is 0.571. The molecule has 0 heterocycles. The summed E-state index contributed by atoms with van der Waals surface area (Å²) in [6, 6.07) is 3.49. The summed E-state index contributed by atoms with van der Waals surface area (Å²) in [5.74, 6) is 0. The molecule has 0 spiro atoms. The molecule has 0 aliphatic rings. The maximum atomic E-state index is 12.4. The molecular weight excluding hydrogens is 340 g/mol. The van der Waals surface area contributed by atoms with Crippen molar-refractivity contribution in [3.05, 3.63) is 27.7 Å². The highest BCUT2D eigenvalue weighted by Crippen LogP contribution is 2.26. The van der Waals surface area contributed by atoms with Crippen LogP contribution in [0.2, 0.25) is 0 Å². The SMILES string of the molecule is Cc1c(Br)cc(CN)cc1S(=O)(=O)NCCC(C)(C)C. The van der Waals surface area contributed by atoms with E-state index in [-0.39, 0.29) is 5.41 Å². The molecule has 0 unspecified atom stereocenters. The van der Waals surface area contributed by atoms with E-state index in [1.807, 2.05) is 6.07 Å². The van der Waals surface area contributed by atoms with Crippen LogP contribution in [0, 0.1) is 12.3 Å². The van der Waals surface area contributed by atoms with E-state index in [1.165, 1.54) is 0 Å². The Morgan fingerprint density at radius 3 is 2.40 bits per heavy atom. The van der Waals surface area contributed by atoms with E-state index in [2.05, 4.69) is 41.4 Å². The van der Waals surface area contributed by atoms with Crippen LogP contribution in [-0.2, 0) is 16.6 Å². The quantitative estimate of drug-likeness (QED) is 0.845. The van der Waals surface area contributed by atoms with Crippen molar-refractivity contribution < 1.29 is 8.42 Å². The monoisotopic (exact) mass is 362 g/mol. The van der Waals surface area contributed by atoms with Crippen molar-refractivity contribution in [2.45, 2.75) is 45.6 Å². The number of nitrogens with one attached hydrogen (secondary N) is 1. The number of halogens is 1. The molecule has 0 amide bonds. The van der Waals surface area contributed by atoms with Gasteiger partial charge in [-0.3, -0.25) is 0 Å². The highest BCUT2D eigenvalue weighted by Gasteiger charge is 2.20. The van der Waals surface area contributed by atoms with Crippen LogP contribution < -0.4 is 10.5 Å². The molecule has 0 aliphatic heterocycles. The normalized spacial score (nSPS) is 12.7. The number of rotatable bonds is 5. The fourth-order valence-corrected chi connectivity index (χ4v) is 3.73. The Hall–Kier alpha value is -0.430. The second kappa shape index (κ2) is 6.56. The molecule has 3 N–H and O–H groups in total. The van der Waals surface area contributed by atoms with Gasteiger partial charge in [0, 0.05) is 17.6 Å². The summed E-state index contributed by atoms with van der Waals surface area (Å²) in [4.78, 5) is 0.293. The van der Waals surface area contributed by atoms with E-state index in [1.54, 1.807) is 13.0 Å². The van der Waals surface area contributed by atoms with Gasteiger partial charge in [0.05, 0.1) is 4.90 Å². The lowest BCUT2D eigenvalue weighted by Crippen LogP contribution is -2.28. The number of hydrogen-bond acceptors (Lipinski definition) is 3. The van der Waals surface area contributed by atoms with E-state index in [9.17, 15) is 8.42 Å². The van der Waals surface area contributed by atoms with Crippen molar-refractivity contribution in [2.75, 3.05) is 6.54 Å². The number of nitrogens with two attached hydrogens (primary N) is 1. The molecular formula is C14H23BrN2O2S. The molecule has 0 aromatic heterocycles. The molecule has 4 nitrogen and oxygen atoms in total. The standard InChI is InChI=1S/C14H23BrN2O2S/c1-10-12(15)7-11(9-16)8-13(10)20(18,19)17-6-5-14(2,3)4/h7-8,17H,5-6,9,16H2,1-4H3. The number of sulfonamides is 1. The van der Waals surface area contributed by atoms with Gasteiger partial charge in [-0.05, 0) is 42.0 Å². The average Bonchev–Trinajstić information content (AvgIpc) is 2.30. The zero-order valence-electron chi connectivity index (χ0n) is 12.5. The minimum absolute atomic E-state index is 0.0945. The van der Waals surface area contributed by atoms with Gasteiger partial charge in [0.2, 0.25) is 10.0 Å². The van der Waals surface area contributed by atoms with Crippen LogP contribution in [0.15, 0.2) is 21.5 Å². The second-order valence-corrected chi connectivity index (χ2v) is 8.70. The van der Waals surface area contributed by atoms with Gasteiger partial charge in [-0.15, -0.1) is 0 Å². The molecule has 0 atom stereocenters. The molecule has 1 rings (SSSR count). The Kier molecular flexibility index (Phi) is 5.78. The van der Waals surface area contributed by atoms with Gasteiger partial charge in [-0.2, -0.15) is 0 Å². The Labute approximate surface area is 130 Å². The topological polar surface area (TPSA) is 72.2 Å². The number of hydrogen-bond donors (Lipinski definition) is 2. The first kappa shape index (κ1) is 17.6. The van der Waals surface area contributed by atoms with Crippen LogP contribution in [0.4, 0.5) is 0 Å². The van der Waals surface area contributed by atoms with Gasteiger partial charge in [0.15, 0.2) is 0 Å². The van der Waals surface area contributed by atoms with E-state index in [0.29, 0.717) is 23.5 Å². The zero-order valence-corrected chi connectivity index (χ0v) is 14.9. The molecule has 0 radical (unpaired) electrons. The minimum atomic E-state index is -3.50. The molecule has 0 aliphatic carbocycles. The van der Waals surface area contributed by atoms with Crippen molar-refractivity contribution >= 4 is 26.0 Å². The van der Waals surface area contributed by atoms with Crippen LogP contribution in [0.25, 0.3) is 0 Å². The average molecular weight is 363 g/mol. The van der Waals surface area contributed by atoms with Crippen LogP contribution in [0.1, 0.15) is 38.3 Å². The predicted octanol–water partition coefficient (Wildman–Crippen LogP) is 2.93. The minimum Gasteiger partial charge on any atom is -0.326 e. The smallest absolute Gasteiger partial charge is 0.240 e. The lowest BCUT2D eigenvalue weighted by molar-refractivity contribution is 0.378. The molecule has 1 aromatic carbocycles. The van der Waals surface area contributed by atoms with Gasteiger partial charge < -0.3 is 5.73 Å². The summed E-state index contributed by atoms with van der Waals surface area (Å²) < 4.78 is 28.2. The lowest BCUT2D eigenvalue weighted by atomic mass is 9.93.